The van der Waals surface area contributed by atoms with Crippen LogP contribution in [0.4, 0.5) is 17.8 Å². The highest BCUT2D eigenvalue weighted by molar-refractivity contribution is 6.51. The van der Waals surface area contributed by atoms with Gasteiger partial charge in [-0.25, -0.2) is 5.43 Å². The Labute approximate surface area is 198 Å². The number of ether oxygens (including phenoxy) is 1. The highest BCUT2D eigenvalue weighted by atomic mass is 16.5. The fourth-order valence-electron chi connectivity index (χ4n) is 4.04. The molecule has 0 amide bonds. The molecule has 0 radical (unpaired) electrons. The van der Waals surface area contributed by atoms with E-state index in [9.17, 15) is 4.79 Å². The van der Waals surface area contributed by atoms with Gasteiger partial charge in [0, 0.05) is 37.3 Å². The molecule has 0 spiro atoms. The van der Waals surface area contributed by atoms with Crippen LogP contribution in [0.5, 0.6) is 0 Å². The summed E-state index contributed by atoms with van der Waals surface area (Å²) in [4.78, 5) is 31.5. The zero-order chi connectivity index (χ0) is 23.2. The minimum absolute atomic E-state index is 0.179. The molecule has 0 atom stereocenters. The minimum atomic E-state index is -0.179. The summed E-state index contributed by atoms with van der Waals surface area (Å²) in [5, 5.41) is 4.50. The lowest BCUT2D eigenvalue weighted by molar-refractivity contribution is 0.106. The predicted octanol–water partition coefficient (Wildman–Crippen LogP) is 3.01. The molecule has 2 aliphatic heterocycles. The summed E-state index contributed by atoms with van der Waals surface area (Å²) in [5.41, 5.74) is 4.53. The van der Waals surface area contributed by atoms with E-state index in [1.165, 1.54) is 0 Å². The summed E-state index contributed by atoms with van der Waals surface area (Å²) < 4.78 is 5.48. The van der Waals surface area contributed by atoms with Crippen LogP contribution >= 0.6 is 0 Å². The predicted molar refractivity (Wildman–Crippen MR) is 132 cm³/mol. The van der Waals surface area contributed by atoms with Crippen LogP contribution in [0, 0.1) is 0 Å². The summed E-state index contributed by atoms with van der Waals surface area (Å²) >= 11 is 0. The molecule has 0 aliphatic carbocycles. The average molecular weight is 458 g/mol. The van der Waals surface area contributed by atoms with Gasteiger partial charge in [0.25, 0.3) is 0 Å². The summed E-state index contributed by atoms with van der Waals surface area (Å²) in [5.74, 6) is 1.35. The topological polar surface area (TPSA) is 95.8 Å². The van der Waals surface area contributed by atoms with E-state index in [2.05, 4.69) is 30.3 Å². The van der Waals surface area contributed by atoms with E-state index in [-0.39, 0.29) is 5.78 Å². The van der Waals surface area contributed by atoms with E-state index in [0.29, 0.717) is 61.0 Å². The first-order chi connectivity index (χ1) is 16.8. The molecule has 2 saturated heterocycles. The minimum Gasteiger partial charge on any atom is -0.378 e. The van der Waals surface area contributed by atoms with Crippen molar-refractivity contribution in [2.45, 2.75) is 12.8 Å². The fourth-order valence-corrected chi connectivity index (χ4v) is 4.04. The van der Waals surface area contributed by atoms with E-state index in [4.69, 9.17) is 9.72 Å². The van der Waals surface area contributed by atoms with Gasteiger partial charge in [0.15, 0.2) is 0 Å². The number of ketones is 1. The molecule has 1 aromatic heterocycles. The Balaban J connectivity index is 1.49. The highest BCUT2D eigenvalue weighted by Gasteiger charge is 2.22. The fraction of sp³-hybridized carbons (Fsp3) is 0.320. The number of nitrogens with one attached hydrogen (secondary N) is 1. The number of aromatic nitrogens is 3. The van der Waals surface area contributed by atoms with Crippen molar-refractivity contribution in [3.63, 3.8) is 0 Å². The number of benzene rings is 2. The van der Waals surface area contributed by atoms with Crippen LogP contribution in [0.2, 0.25) is 0 Å². The second-order valence-corrected chi connectivity index (χ2v) is 8.19. The number of anilines is 3. The first-order valence-electron chi connectivity index (χ1n) is 11.6. The molecule has 174 valence electrons. The van der Waals surface area contributed by atoms with Crippen molar-refractivity contribution in [2.24, 2.45) is 5.10 Å². The Morgan fingerprint density at radius 1 is 0.765 bits per heavy atom. The van der Waals surface area contributed by atoms with Crippen LogP contribution in [0.15, 0.2) is 65.8 Å². The molecule has 2 aromatic carbocycles. The Kier molecular flexibility index (Phi) is 6.71. The van der Waals surface area contributed by atoms with Crippen LogP contribution in [-0.2, 0) is 4.74 Å². The molecule has 9 nitrogen and oxygen atoms in total. The van der Waals surface area contributed by atoms with Crippen LogP contribution in [0.1, 0.15) is 28.8 Å². The molecule has 1 N–H and O–H groups in total. The molecule has 5 rings (SSSR count). The van der Waals surface area contributed by atoms with Crippen molar-refractivity contribution in [2.75, 3.05) is 54.6 Å². The summed E-state index contributed by atoms with van der Waals surface area (Å²) in [6.45, 7) is 4.53. The van der Waals surface area contributed by atoms with Gasteiger partial charge in [0.2, 0.25) is 23.6 Å². The SMILES string of the molecule is O=C(/C(=N\Nc1nc(N2CCCC2)nc(N2CCOCC2)n1)c1ccccc1)c1ccccc1. The normalized spacial score (nSPS) is 16.5. The lowest BCUT2D eigenvalue weighted by Gasteiger charge is -2.27. The van der Waals surface area contributed by atoms with E-state index in [1.54, 1.807) is 12.1 Å². The van der Waals surface area contributed by atoms with Crippen LogP contribution < -0.4 is 15.2 Å². The third kappa shape index (κ3) is 5.04. The lowest BCUT2D eigenvalue weighted by Crippen LogP contribution is -2.38. The standard InChI is InChI=1S/C25H27N7O2/c33-22(20-11-5-2-6-12-20)21(19-9-3-1-4-10-19)29-30-23-26-24(31-13-7-8-14-31)28-25(27-23)32-15-17-34-18-16-32/h1-6,9-12H,7-8,13-18H2,(H,26,27,28,30)/b29-21-. The zero-order valence-electron chi connectivity index (χ0n) is 18.9. The van der Waals surface area contributed by atoms with Gasteiger partial charge in [-0.15, -0.1) is 0 Å². The number of hydrogen-bond donors (Lipinski definition) is 1. The van der Waals surface area contributed by atoms with Crippen molar-refractivity contribution >= 4 is 29.3 Å². The summed E-state index contributed by atoms with van der Waals surface area (Å²) in [6.07, 6.45) is 2.23. The Morgan fingerprint density at radius 3 is 1.94 bits per heavy atom. The van der Waals surface area contributed by atoms with Crippen molar-refractivity contribution in [3.8, 4) is 0 Å². The highest BCUT2D eigenvalue weighted by Crippen LogP contribution is 2.21. The van der Waals surface area contributed by atoms with Gasteiger partial charge in [0.05, 0.1) is 13.2 Å². The van der Waals surface area contributed by atoms with E-state index in [0.717, 1.165) is 25.9 Å². The lowest BCUT2D eigenvalue weighted by atomic mass is 10.0. The number of rotatable bonds is 7. The van der Waals surface area contributed by atoms with E-state index < -0.39 is 0 Å². The number of carbonyl (C=O) groups excluding carboxylic acids is 1. The maximum Gasteiger partial charge on any atom is 0.250 e. The molecule has 3 heterocycles. The Bertz CT molecular complexity index is 1140. The number of hydrazone groups is 1. The molecular weight excluding hydrogens is 430 g/mol. The Morgan fingerprint density at radius 2 is 1.32 bits per heavy atom. The molecule has 0 bridgehead atoms. The van der Waals surface area contributed by atoms with Crippen LogP contribution in [0.3, 0.4) is 0 Å². The van der Waals surface area contributed by atoms with Crippen molar-refractivity contribution in [1.82, 2.24) is 15.0 Å². The second-order valence-electron chi connectivity index (χ2n) is 8.19. The average Bonchev–Trinajstić information content (AvgIpc) is 3.45. The van der Waals surface area contributed by atoms with Gasteiger partial charge in [-0.1, -0.05) is 60.7 Å². The number of carbonyl (C=O) groups is 1. The molecule has 3 aromatic rings. The molecule has 34 heavy (non-hydrogen) atoms. The molecule has 0 saturated carbocycles. The van der Waals surface area contributed by atoms with Crippen LogP contribution in [0.25, 0.3) is 0 Å². The number of hydrogen-bond acceptors (Lipinski definition) is 9. The number of morpholine rings is 1. The molecule has 0 unspecified atom stereocenters. The van der Waals surface area contributed by atoms with Gasteiger partial charge in [0.1, 0.15) is 5.71 Å². The Hall–Kier alpha value is -3.85. The van der Waals surface area contributed by atoms with Crippen molar-refractivity contribution in [3.05, 3.63) is 71.8 Å². The van der Waals surface area contributed by atoms with Crippen molar-refractivity contribution in [1.29, 1.82) is 0 Å². The third-order valence-electron chi connectivity index (χ3n) is 5.86. The van der Waals surface area contributed by atoms with E-state index >= 15 is 0 Å². The van der Waals surface area contributed by atoms with Gasteiger partial charge in [-0.2, -0.15) is 20.1 Å². The van der Waals surface area contributed by atoms with Crippen LogP contribution in [-0.4, -0.2) is 65.8 Å². The summed E-state index contributed by atoms with van der Waals surface area (Å²) in [7, 11) is 0. The molecule has 2 aliphatic rings. The van der Waals surface area contributed by atoms with Gasteiger partial charge >= 0.3 is 0 Å². The maximum absolute atomic E-state index is 13.3. The molecule has 9 heteroatoms. The number of Topliss-reactive ketones (excluding diaryl/α,β-unsaturated/α-hetero) is 1. The first kappa shape index (κ1) is 22.0. The molecular formula is C25H27N7O2. The quantitative estimate of drug-likeness (QED) is 0.329. The second kappa shape index (κ2) is 10.4. The zero-order valence-corrected chi connectivity index (χ0v) is 18.9. The van der Waals surface area contributed by atoms with Crippen molar-refractivity contribution < 1.29 is 9.53 Å². The van der Waals surface area contributed by atoms with E-state index in [1.807, 2.05) is 48.5 Å². The third-order valence-corrected chi connectivity index (χ3v) is 5.86. The summed E-state index contributed by atoms with van der Waals surface area (Å²) in [6, 6.07) is 18.5. The van der Waals surface area contributed by atoms with Gasteiger partial charge < -0.3 is 14.5 Å². The number of nitrogens with zero attached hydrogens (tertiary/aromatic N) is 6. The smallest absolute Gasteiger partial charge is 0.250 e. The maximum atomic E-state index is 13.3. The monoisotopic (exact) mass is 457 g/mol. The largest absolute Gasteiger partial charge is 0.378 e. The van der Waals surface area contributed by atoms with Gasteiger partial charge in [-0.05, 0) is 12.8 Å². The van der Waals surface area contributed by atoms with Gasteiger partial charge in [-0.3, -0.25) is 4.79 Å². The molecule has 2 fully saturated rings. The first-order valence-corrected chi connectivity index (χ1v) is 11.6.